The van der Waals surface area contributed by atoms with E-state index in [0.717, 1.165) is 0 Å². The Morgan fingerprint density at radius 1 is 0.750 bits per heavy atom. The zero-order chi connectivity index (χ0) is 21.2. The van der Waals surface area contributed by atoms with Gasteiger partial charge in [0.1, 0.15) is 5.75 Å². The molecule has 0 aliphatic rings. The van der Waals surface area contributed by atoms with Crippen LogP contribution >= 0.6 is 9.24 Å². The second-order valence-corrected chi connectivity index (χ2v) is 7.49. The fraction of sp³-hybridized carbons (Fsp3) is 0.0526. The summed E-state index contributed by atoms with van der Waals surface area (Å²) in [6, 6.07) is 27.9. The normalized spacial score (nSPS) is 10.9. The fourth-order valence-electron chi connectivity index (χ4n) is 1.76. The zero-order valence-corrected chi connectivity index (χ0v) is 16.7. The topological polar surface area (TPSA) is 77.4 Å². The summed E-state index contributed by atoms with van der Waals surface area (Å²) in [4.78, 5) is 0. The largest absolute Gasteiger partial charge is 0.741 e. The molecule has 0 saturated heterocycles. The average Bonchev–Trinajstić information content (AvgIpc) is 2.65. The van der Waals surface area contributed by atoms with Gasteiger partial charge in [-0.2, -0.15) is 13.2 Å². The highest BCUT2D eigenvalue weighted by molar-refractivity contribution is 7.86. The molecule has 4 nitrogen and oxygen atoms in total. The first-order chi connectivity index (χ1) is 13.0. The summed E-state index contributed by atoms with van der Waals surface area (Å²) in [5.41, 5.74) is -3.09. The molecule has 28 heavy (non-hydrogen) atoms. The molecule has 0 aliphatic heterocycles. The molecule has 0 spiro atoms. The number of rotatable bonds is 1. The van der Waals surface area contributed by atoms with Crippen molar-refractivity contribution in [2.24, 2.45) is 0 Å². The maximum atomic E-state index is 10.7. The summed E-state index contributed by atoms with van der Waals surface area (Å²) in [5, 5.41) is 9.96. The van der Waals surface area contributed by atoms with Crippen molar-refractivity contribution in [3.8, 4) is 16.9 Å². The van der Waals surface area contributed by atoms with Crippen molar-refractivity contribution in [3.05, 3.63) is 84.9 Å². The van der Waals surface area contributed by atoms with Crippen LogP contribution in [-0.2, 0) is 10.1 Å². The van der Waals surface area contributed by atoms with Crippen LogP contribution in [0.3, 0.4) is 0 Å². The molecular formula is C19H18F3O4PS. The van der Waals surface area contributed by atoms with Gasteiger partial charge in [-0.3, -0.25) is 0 Å². The van der Waals surface area contributed by atoms with Gasteiger partial charge in [-0.15, -0.1) is 0 Å². The molecule has 0 amide bonds. The maximum absolute atomic E-state index is 10.7. The van der Waals surface area contributed by atoms with Gasteiger partial charge in [-0.25, -0.2) is 8.42 Å². The average molecular weight is 430 g/mol. The number of hydrogen-bond acceptors (Lipinski definition) is 4. The lowest BCUT2D eigenvalue weighted by Gasteiger charge is -2.08. The van der Waals surface area contributed by atoms with Crippen molar-refractivity contribution in [2.45, 2.75) is 5.51 Å². The molecule has 1 N–H and O–H groups in total. The first kappa shape index (κ1) is 23.6. The zero-order valence-electron chi connectivity index (χ0n) is 14.5. The standard InChI is InChI=1S/C12H10.C6H7OP.CHF3O3S/c1-3-7-11(8-4-1)12-9-5-2-6-10-12;7-5-1-3-6(8)4-2-5;2-1(3,4)8(5,6)7/h1-10H;1-4,7H,8H2;(H,5,6,7). The van der Waals surface area contributed by atoms with Crippen LogP contribution in [0.15, 0.2) is 84.9 Å². The first-order valence-electron chi connectivity index (χ1n) is 7.74. The number of phenolic OH excluding ortho intramolecular Hbond substituents is 1. The molecule has 1 atom stereocenters. The van der Waals surface area contributed by atoms with Crippen LogP contribution in [0.5, 0.6) is 5.75 Å². The van der Waals surface area contributed by atoms with E-state index in [-0.39, 0.29) is 0 Å². The number of phenols is 1. The Hall–Kier alpha value is -2.41. The molecule has 0 heterocycles. The number of alkyl halides is 3. The summed E-state index contributed by atoms with van der Waals surface area (Å²) >= 11 is 0. The van der Waals surface area contributed by atoms with Gasteiger partial charge in [0, 0.05) is 9.24 Å². The predicted molar refractivity (Wildman–Crippen MR) is 106 cm³/mol. The van der Waals surface area contributed by atoms with E-state index in [0.29, 0.717) is 5.75 Å². The van der Waals surface area contributed by atoms with E-state index in [1.807, 2.05) is 24.3 Å². The van der Waals surface area contributed by atoms with Gasteiger partial charge < -0.3 is 9.66 Å². The van der Waals surface area contributed by atoms with Gasteiger partial charge in [0.15, 0.2) is 10.1 Å². The van der Waals surface area contributed by atoms with E-state index in [9.17, 15) is 13.2 Å². The summed E-state index contributed by atoms with van der Waals surface area (Å²) < 4.78 is 58.9. The lowest BCUT2D eigenvalue weighted by Crippen LogP contribution is -2.21. The van der Waals surface area contributed by atoms with Crippen molar-refractivity contribution >= 4 is 24.7 Å². The molecule has 0 aliphatic carbocycles. The molecule has 150 valence electrons. The van der Waals surface area contributed by atoms with Crippen LogP contribution in [0, 0.1) is 0 Å². The van der Waals surface area contributed by atoms with Crippen LogP contribution in [-0.4, -0.2) is 23.6 Å². The Morgan fingerprint density at radius 3 is 1.32 bits per heavy atom. The highest BCUT2D eigenvalue weighted by atomic mass is 32.2. The molecule has 1 unspecified atom stereocenters. The summed E-state index contributed by atoms with van der Waals surface area (Å²) in [5.74, 6) is 0.334. The quantitative estimate of drug-likeness (QED) is 0.359. The molecule has 3 aromatic rings. The second-order valence-electron chi connectivity index (χ2n) is 5.30. The molecule has 0 radical (unpaired) electrons. The number of hydrogen-bond donors (Lipinski definition) is 1. The minimum Gasteiger partial charge on any atom is -0.741 e. The van der Waals surface area contributed by atoms with Crippen molar-refractivity contribution in [1.82, 2.24) is 0 Å². The molecule has 0 saturated carbocycles. The van der Waals surface area contributed by atoms with E-state index in [4.69, 9.17) is 18.1 Å². The lowest BCUT2D eigenvalue weighted by molar-refractivity contribution is -0.0517. The van der Waals surface area contributed by atoms with Crippen molar-refractivity contribution in [1.29, 1.82) is 0 Å². The lowest BCUT2D eigenvalue weighted by atomic mass is 10.1. The van der Waals surface area contributed by atoms with Gasteiger partial charge in [0.2, 0.25) is 0 Å². The minimum absolute atomic E-state index is 0.334. The van der Waals surface area contributed by atoms with E-state index in [1.165, 1.54) is 16.4 Å². The molecule has 3 aromatic carbocycles. The van der Waals surface area contributed by atoms with Gasteiger partial charge in [0.05, 0.1) is 5.30 Å². The Bertz CT molecular complexity index is 872. The van der Waals surface area contributed by atoms with Crippen LogP contribution < -0.4 is 5.30 Å². The van der Waals surface area contributed by atoms with Crippen LogP contribution in [0.1, 0.15) is 0 Å². The second kappa shape index (κ2) is 10.8. The van der Waals surface area contributed by atoms with E-state index in [2.05, 4.69) is 48.5 Å². The Kier molecular flexibility index (Phi) is 9.12. The van der Waals surface area contributed by atoms with Crippen molar-refractivity contribution in [3.63, 3.8) is 0 Å². The third kappa shape index (κ3) is 8.99. The van der Waals surface area contributed by atoms with E-state index < -0.39 is 15.6 Å². The molecule has 0 aromatic heterocycles. The summed E-state index contributed by atoms with van der Waals surface area (Å²) in [6.45, 7) is 0. The molecule has 0 bridgehead atoms. The Morgan fingerprint density at radius 2 is 1.07 bits per heavy atom. The van der Waals surface area contributed by atoms with Gasteiger partial charge >= 0.3 is 5.51 Å². The fourth-order valence-corrected chi connectivity index (χ4v) is 1.99. The highest BCUT2D eigenvalue weighted by Crippen LogP contribution is 2.20. The summed E-state index contributed by atoms with van der Waals surface area (Å²) in [6.07, 6.45) is 0. The van der Waals surface area contributed by atoms with Crippen LogP contribution in [0.4, 0.5) is 13.2 Å². The van der Waals surface area contributed by atoms with Gasteiger partial charge in [-0.05, 0) is 35.4 Å². The molecular weight excluding hydrogens is 412 g/mol. The molecule has 3 rings (SSSR count). The SMILES string of the molecule is O=S(=O)([O-])C(F)(F)F.Oc1ccc([PH3+])cc1.c1ccc(-c2ccccc2)cc1. The van der Waals surface area contributed by atoms with Gasteiger partial charge in [0.25, 0.3) is 0 Å². The molecule has 0 fully saturated rings. The Labute approximate surface area is 163 Å². The van der Waals surface area contributed by atoms with Crippen LogP contribution in [0.25, 0.3) is 11.1 Å². The third-order valence-electron chi connectivity index (χ3n) is 3.10. The minimum atomic E-state index is -6.09. The highest BCUT2D eigenvalue weighted by Gasteiger charge is 2.36. The van der Waals surface area contributed by atoms with E-state index in [1.54, 1.807) is 21.4 Å². The monoisotopic (exact) mass is 430 g/mol. The van der Waals surface area contributed by atoms with Crippen LogP contribution in [0.2, 0.25) is 0 Å². The first-order valence-corrected chi connectivity index (χ1v) is 9.86. The summed E-state index contributed by atoms with van der Waals surface area (Å²) in [7, 11) is -4.29. The third-order valence-corrected chi connectivity index (χ3v) is 4.14. The maximum Gasteiger partial charge on any atom is 0.485 e. The van der Waals surface area contributed by atoms with E-state index >= 15 is 0 Å². The number of benzene rings is 3. The Balaban J connectivity index is 0.000000219. The van der Waals surface area contributed by atoms with Gasteiger partial charge in [-0.1, -0.05) is 60.7 Å². The number of halogens is 3. The predicted octanol–water partition coefficient (Wildman–Crippen LogP) is 4.03. The number of aromatic hydroxyl groups is 1. The molecule has 9 heteroatoms. The van der Waals surface area contributed by atoms with Crippen molar-refractivity contribution < 1.29 is 31.2 Å². The van der Waals surface area contributed by atoms with Crippen molar-refractivity contribution in [2.75, 3.05) is 0 Å². The smallest absolute Gasteiger partial charge is 0.485 e.